The molecule has 0 bridgehead atoms. The zero-order chi connectivity index (χ0) is 0. The zero-order valence-corrected chi connectivity index (χ0v) is 8.23. The van der Waals surface area contributed by atoms with Crippen molar-refractivity contribution in [1.82, 2.24) is 0 Å². The van der Waals surface area contributed by atoms with Gasteiger partial charge < -0.3 is 27.4 Å². The van der Waals surface area contributed by atoms with Crippen LogP contribution in [0.5, 0.6) is 0 Å². The van der Waals surface area contributed by atoms with Gasteiger partial charge >= 0.3 is 65.2 Å². The first-order chi connectivity index (χ1) is 0. The van der Waals surface area contributed by atoms with Crippen molar-refractivity contribution in [1.29, 1.82) is 0 Å². The van der Waals surface area contributed by atoms with E-state index in [1.807, 2.05) is 0 Å². The van der Waals surface area contributed by atoms with Gasteiger partial charge in [0.2, 0.25) is 0 Å². The molecular weight excluding hydrogens is 224 g/mol. The van der Waals surface area contributed by atoms with Crippen LogP contribution in [0.25, 0.3) is 0 Å². The van der Waals surface area contributed by atoms with Crippen LogP contribution >= 0.6 is 0 Å². The number of hydrogen-bond donors (Lipinski definition) is 0. The summed E-state index contributed by atoms with van der Waals surface area (Å²) >= 11 is 0. The molecule has 0 aliphatic carbocycles. The van der Waals surface area contributed by atoms with Crippen molar-refractivity contribution >= 4 is 0 Å². The third-order valence-electron chi connectivity index (χ3n) is 0. The van der Waals surface area contributed by atoms with Gasteiger partial charge in [-0.15, -0.1) is 0 Å². The van der Waals surface area contributed by atoms with Crippen molar-refractivity contribution in [3.8, 4) is 0 Å². The molecule has 0 aromatic rings. The van der Waals surface area contributed by atoms with Crippen LogP contribution in [0.3, 0.4) is 0 Å². The summed E-state index contributed by atoms with van der Waals surface area (Å²) in [6.45, 7) is 0. The molecule has 8 heavy (non-hydrogen) atoms. The van der Waals surface area contributed by atoms with E-state index in [4.69, 9.17) is 0 Å². The van der Waals surface area contributed by atoms with Crippen molar-refractivity contribution in [3.63, 3.8) is 0 Å². The monoisotopic (exact) mass is 224 g/mol. The minimum atomic E-state index is 0. The van der Waals surface area contributed by atoms with E-state index in [0.717, 1.165) is 0 Å². The molecule has 0 fully saturated rings. The van der Waals surface area contributed by atoms with E-state index in [2.05, 4.69) is 0 Å². The van der Waals surface area contributed by atoms with Crippen LogP contribution in [0.4, 0.5) is 0 Å². The first-order valence-electron chi connectivity index (χ1n) is 0. The normalized spacial score (nSPS) is 0. The Balaban J connectivity index is 0. The van der Waals surface area contributed by atoms with Crippen LogP contribution < -0.4 is 0 Å². The van der Waals surface area contributed by atoms with Crippen molar-refractivity contribution in [3.05, 3.63) is 0 Å². The molecule has 8 heteroatoms. The van der Waals surface area contributed by atoms with E-state index in [0.29, 0.717) is 0 Å². The Labute approximate surface area is 91.8 Å². The quantitative estimate of drug-likeness (QED) is 0.483. The van der Waals surface area contributed by atoms with Gasteiger partial charge in [0.15, 0.2) is 0 Å². The summed E-state index contributed by atoms with van der Waals surface area (Å²) in [6, 6.07) is 0. The maximum absolute atomic E-state index is 0. The van der Waals surface area contributed by atoms with Crippen molar-refractivity contribution < 1.29 is 92.5 Å². The maximum atomic E-state index is 0. The van der Waals surface area contributed by atoms with Gasteiger partial charge in [0.25, 0.3) is 0 Å². The Morgan fingerprint density at radius 1 is 0.375 bits per heavy atom. The van der Waals surface area contributed by atoms with Gasteiger partial charge in [0.1, 0.15) is 0 Å². The zero-order valence-electron chi connectivity index (χ0n) is 3.54. The largest absolute Gasteiger partial charge is 4.00 e. The van der Waals surface area contributed by atoms with E-state index in [1.165, 1.54) is 0 Å². The van der Waals surface area contributed by atoms with Gasteiger partial charge in [-0.3, -0.25) is 0 Å². The second-order valence-corrected chi connectivity index (χ2v) is 0. The molecule has 0 unspecified atom stereocenters. The Hall–Kier alpha value is 1.94. The average molecular weight is 224 g/mol. The minimum Gasteiger partial charge on any atom is -2.00 e. The molecule has 0 saturated heterocycles. The van der Waals surface area contributed by atoms with Crippen LogP contribution in [-0.2, 0) is 92.5 Å². The van der Waals surface area contributed by atoms with Crippen LogP contribution in [0, 0.1) is 0 Å². The molecule has 0 amide bonds. The Kier molecular flexibility index (Phi) is 3940. The minimum absolute atomic E-state index is 0. The van der Waals surface area contributed by atoms with Crippen LogP contribution in [0.1, 0.15) is 0 Å². The van der Waals surface area contributed by atoms with Gasteiger partial charge in [-0.1, -0.05) is 0 Å². The van der Waals surface area contributed by atoms with Crippen molar-refractivity contribution in [2.45, 2.75) is 0 Å². The fourth-order valence-corrected chi connectivity index (χ4v) is 0. The summed E-state index contributed by atoms with van der Waals surface area (Å²) in [6.07, 6.45) is 0. The Morgan fingerprint density at radius 2 is 0.375 bits per heavy atom. The van der Waals surface area contributed by atoms with Crippen molar-refractivity contribution in [2.75, 3.05) is 0 Å². The summed E-state index contributed by atoms with van der Waals surface area (Å²) < 4.78 is 0. The summed E-state index contributed by atoms with van der Waals surface area (Å²) in [5, 5.41) is 0. The van der Waals surface area contributed by atoms with Gasteiger partial charge in [0.05, 0.1) is 0 Å². The molecule has 0 spiro atoms. The molecule has 42 valence electrons. The van der Waals surface area contributed by atoms with Gasteiger partial charge in [0, 0.05) is 0 Å². The van der Waals surface area contributed by atoms with Gasteiger partial charge in [-0.2, -0.15) is 0 Å². The Morgan fingerprint density at radius 3 is 0.375 bits per heavy atom. The molecule has 0 rings (SSSR count). The molecule has 0 heterocycles. The average Bonchev–Trinajstić information content (AvgIpc) is 0. The fraction of sp³-hybridized carbons (Fsp3) is 0. The molecule has 2 radical (unpaired) electrons. The first-order valence-corrected chi connectivity index (χ1v) is 0. The predicted molar refractivity (Wildman–Crippen MR) is 3.43 cm³/mol. The molecule has 0 aromatic carbocycles. The molecule has 0 aromatic heterocycles. The van der Waals surface area contributed by atoms with E-state index in [1.54, 1.807) is 0 Å². The molecular formula is O5Ti3. The molecule has 0 saturated carbocycles. The number of hydrogen-bond acceptors (Lipinski definition) is 0. The third-order valence-corrected chi connectivity index (χ3v) is 0. The third kappa shape index (κ3) is 101. The second-order valence-electron chi connectivity index (χ2n) is 0. The first kappa shape index (κ1) is 211. The van der Waals surface area contributed by atoms with E-state index < -0.39 is 0 Å². The van der Waals surface area contributed by atoms with Gasteiger partial charge in [-0.05, 0) is 0 Å². The van der Waals surface area contributed by atoms with Crippen LogP contribution in [0.2, 0.25) is 0 Å². The summed E-state index contributed by atoms with van der Waals surface area (Å²) in [7, 11) is 0. The maximum Gasteiger partial charge on any atom is 4.00 e. The predicted octanol–water partition coefficient (Wildman–Crippen LogP) is -0.601. The van der Waals surface area contributed by atoms with Crippen molar-refractivity contribution in [2.24, 2.45) is 0 Å². The number of rotatable bonds is 0. The smallest absolute Gasteiger partial charge is 2.00 e. The second kappa shape index (κ2) is 149. The van der Waals surface area contributed by atoms with Crippen LogP contribution in [-0.4, -0.2) is 0 Å². The Bertz CT molecular complexity index is 7.64. The fourth-order valence-electron chi connectivity index (χ4n) is 0. The summed E-state index contributed by atoms with van der Waals surface area (Å²) in [5.74, 6) is 0. The molecule has 0 aliphatic rings. The summed E-state index contributed by atoms with van der Waals surface area (Å²) in [4.78, 5) is 0. The molecule has 0 aliphatic heterocycles. The van der Waals surface area contributed by atoms with E-state index in [-0.39, 0.29) is 92.5 Å². The molecule has 5 nitrogen and oxygen atoms in total. The van der Waals surface area contributed by atoms with Crippen LogP contribution in [0.15, 0.2) is 0 Å². The van der Waals surface area contributed by atoms with E-state index >= 15 is 0 Å². The van der Waals surface area contributed by atoms with E-state index in [9.17, 15) is 0 Å². The topological polar surface area (TPSA) is 142 Å². The summed E-state index contributed by atoms with van der Waals surface area (Å²) in [5.41, 5.74) is 0. The van der Waals surface area contributed by atoms with Gasteiger partial charge in [-0.25, -0.2) is 0 Å². The molecule has 0 N–H and O–H groups in total. The molecule has 0 atom stereocenters. The SMILES string of the molecule is [O-2].[O-2].[O-2].[O-2].[O-2].[Ti+3].[Ti+3].[Ti+4]. The standard InChI is InChI=1S/5O.3Ti/q5*-2;2*+3;+4.